The van der Waals surface area contributed by atoms with E-state index in [0.717, 1.165) is 6.42 Å². The van der Waals surface area contributed by atoms with Crippen LogP contribution < -0.4 is 5.32 Å². The van der Waals surface area contributed by atoms with Crippen LogP contribution in [0.3, 0.4) is 0 Å². The Morgan fingerprint density at radius 1 is 1.26 bits per heavy atom. The Morgan fingerprint density at radius 3 is 2.47 bits per heavy atom. The lowest BCUT2D eigenvalue weighted by atomic mass is 10.2. The summed E-state index contributed by atoms with van der Waals surface area (Å²) in [4.78, 5) is 12.2. The molecule has 106 valence electrons. The van der Waals surface area contributed by atoms with E-state index in [1.165, 1.54) is 6.07 Å². The largest absolute Gasteiger partial charge is 0.350 e. The van der Waals surface area contributed by atoms with Gasteiger partial charge in [0, 0.05) is 6.04 Å². The minimum Gasteiger partial charge on any atom is -0.350 e. The Bertz CT molecular complexity index is 537. The summed E-state index contributed by atoms with van der Waals surface area (Å²) in [5.41, 5.74) is 0.233. The first-order valence-electron chi connectivity index (χ1n) is 6.55. The van der Waals surface area contributed by atoms with E-state index in [9.17, 15) is 13.2 Å². The summed E-state index contributed by atoms with van der Waals surface area (Å²) >= 11 is 0. The van der Waals surface area contributed by atoms with Crippen LogP contribution >= 0.6 is 0 Å². The zero-order valence-electron chi connectivity index (χ0n) is 11.6. The quantitative estimate of drug-likeness (QED) is 0.872. The highest BCUT2D eigenvalue weighted by molar-refractivity contribution is 7.91. The van der Waals surface area contributed by atoms with E-state index < -0.39 is 9.84 Å². The Morgan fingerprint density at radius 2 is 1.89 bits per heavy atom. The van der Waals surface area contributed by atoms with Gasteiger partial charge in [0.15, 0.2) is 9.84 Å². The van der Waals surface area contributed by atoms with E-state index >= 15 is 0 Å². The van der Waals surface area contributed by atoms with Crippen molar-refractivity contribution in [2.24, 2.45) is 0 Å². The molecule has 4 nitrogen and oxygen atoms in total. The summed E-state index contributed by atoms with van der Waals surface area (Å²) in [6.45, 7) is 5.66. The number of hydrogen-bond donors (Lipinski definition) is 1. The van der Waals surface area contributed by atoms with Gasteiger partial charge in [-0.3, -0.25) is 4.79 Å². The van der Waals surface area contributed by atoms with E-state index in [1.807, 2.05) is 13.8 Å². The third-order valence-corrected chi connectivity index (χ3v) is 4.90. The van der Waals surface area contributed by atoms with Crippen molar-refractivity contribution in [3.63, 3.8) is 0 Å². The zero-order valence-corrected chi connectivity index (χ0v) is 12.5. The number of benzene rings is 1. The zero-order chi connectivity index (χ0) is 14.5. The SMILES string of the molecule is CCCS(=O)(=O)c1ccccc1C(=O)N[C@H](C)CC. The van der Waals surface area contributed by atoms with Crippen LogP contribution in [0.25, 0.3) is 0 Å². The molecule has 1 amide bonds. The first-order valence-corrected chi connectivity index (χ1v) is 8.20. The summed E-state index contributed by atoms with van der Waals surface area (Å²) in [6, 6.07) is 6.39. The number of carbonyl (C=O) groups excluding carboxylic acids is 1. The molecule has 0 spiro atoms. The maximum Gasteiger partial charge on any atom is 0.252 e. The number of carbonyl (C=O) groups is 1. The molecule has 0 saturated carbocycles. The van der Waals surface area contributed by atoms with Gasteiger partial charge in [0.25, 0.3) is 5.91 Å². The lowest BCUT2D eigenvalue weighted by Gasteiger charge is -2.14. The lowest BCUT2D eigenvalue weighted by Crippen LogP contribution is -2.33. The highest BCUT2D eigenvalue weighted by Crippen LogP contribution is 2.18. The van der Waals surface area contributed by atoms with Crippen molar-refractivity contribution in [1.82, 2.24) is 5.32 Å². The summed E-state index contributed by atoms with van der Waals surface area (Å²) in [7, 11) is -3.39. The Kier molecular flexibility index (Phi) is 5.54. The molecule has 1 aromatic carbocycles. The molecular formula is C14H21NO3S. The van der Waals surface area contributed by atoms with Crippen molar-refractivity contribution in [2.75, 3.05) is 5.75 Å². The van der Waals surface area contributed by atoms with Gasteiger partial charge in [-0.1, -0.05) is 26.0 Å². The summed E-state index contributed by atoms with van der Waals surface area (Å²) in [6.07, 6.45) is 1.33. The molecule has 0 saturated heterocycles. The molecule has 1 N–H and O–H groups in total. The van der Waals surface area contributed by atoms with Gasteiger partial charge in [-0.15, -0.1) is 0 Å². The Hall–Kier alpha value is -1.36. The summed E-state index contributed by atoms with van der Waals surface area (Å²) in [5, 5.41) is 2.80. The maximum absolute atomic E-state index is 12.1. The smallest absolute Gasteiger partial charge is 0.252 e. The van der Waals surface area contributed by atoms with Crippen molar-refractivity contribution < 1.29 is 13.2 Å². The standard InChI is InChI=1S/C14H21NO3S/c1-4-10-19(17,18)13-9-7-6-8-12(13)14(16)15-11(3)5-2/h6-9,11H,4-5,10H2,1-3H3,(H,15,16)/t11-/m1/s1. The van der Waals surface area contributed by atoms with Crippen LogP contribution in [-0.2, 0) is 9.84 Å². The molecule has 0 aromatic heterocycles. The molecule has 19 heavy (non-hydrogen) atoms. The van der Waals surface area contributed by atoms with Gasteiger partial charge in [0.2, 0.25) is 0 Å². The van der Waals surface area contributed by atoms with E-state index in [4.69, 9.17) is 0 Å². The minimum atomic E-state index is -3.39. The number of rotatable bonds is 6. The fourth-order valence-electron chi connectivity index (χ4n) is 1.71. The minimum absolute atomic E-state index is 0.0226. The topological polar surface area (TPSA) is 63.2 Å². The molecule has 1 rings (SSSR count). The highest BCUT2D eigenvalue weighted by atomic mass is 32.2. The molecule has 0 heterocycles. The molecule has 0 aliphatic heterocycles. The Balaban J connectivity index is 3.13. The molecule has 0 aliphatic rings. The van der Waals surface area contributed by atoms with Crippen molar-refractivity contribution in [3.05, 3.63) is 29.8 Å². The van der Waals surface area contributed by atoms with Gasteiger partial charge in [-0.05, 0) is 31.9 Å². The van der Waals surface area contributed by atoms with Gasteiger partial charge in [0.05, 0.1) is 16.2 Å². The molecule has 0 radical (unpaired) electrons. The molecule has 1 atom stereocenters. The molecule has 0 fully saturated rings. The molecule has 0 bridgehead atoms. The van der Waals surface area contributed by atoms with E-state index in [2.05, 4.69) is 5.32 Å². The molecule has 0 aliphatic carbocycles. The molecular weight excluding hydrogens is 262 g/mol. The van der Waals surface area contributed by atoms with Gasteiger partial charge < -0.3 is 5.32 Å². The maximum atomic E-state index is 12.1. The van der Waals surface area contributed by atoms with Gasteiger partial charge in [-0.25, -0.2) is 8.42 Å². The van der Waals surface area contributed by atoms with Crippen LogP contribution in [0.15, 0.2) is 29.2 Å². The van der Waals surface area contributed by atoms with E-state index in [0.29, 0.717) is 6.42 Å². The highest BCUT2D eigenvalue weighted by Gasteiger charge is 2.21. The number of sulfone groups is 1. The fourth-order valence-corrected chi connectivity index (χ4v) is 3.25. The van der Waals surface area contributed by atoms with Crippen molar-refractivity contribution in [1.29, 1.82) is 0 Å². The van der Waals surface area contributed by atoms with Crippen LogP contribution in [0, 0.1) is 0 Å². The van der Waals surface area contributed by atoms with Crippen LogP contribution in [-0.4, -0.2) is 26.1 Å². The predicted octanol–water partition coefficient (Wildman–Crippen LogP) is 2.40. The molecule has 5 heteroatoms. The van der Waals surface area contributed by atoms with Crippen molar-refractivity contribution in [2.45, 2.75) is 44.6 Å². The van der Waals surface area contributed by atoms with Crippen LogP contribution in [0.4, 0.5) is 0 Å². The van der Waals surface area contributed by atoms with Crippen molar-refractivity contribution in [3.8, 4) is 0 Å². The number of hydrogen-bond acceptors (Lipinski definition) is 3. The second-order valence-corrected chi connectivity index (χ2v) is 6.68. The third kappa shape index (κ3) is 4.06. The first kappa shape index (κ1) is 15.7. The Labute approximate surface area is 115 Å². The third-order valence-electron chi connectivity index (χ3n) is 2.93. The van der Waals surface area contributed by atoms with E-state index in [1.54, 1.807) is 25.1 Å². The normalized spacial score (nSPS) is 13.0. The molecule has 0 unspecified atom stereocenters. The first-order chi connectivity index (χ1) is 8.92. The number of nitrogens with one attached hydrogen (secondary N) is 1. The van der Waals surface area contributed by atoms with Gasteiger partial charge in [0.1, 0.15) is 0 Å². The van der Waals surface area contributed by atoms with Crippen LogP contribution in [0.5, 0.6) is 0 Å². The second kappa shape index (κ2) is 6.70. The summed E-state index contributed by atoms with van der Waals surface area (Å²) in [5.74, 6) is -0.273. The van der Waals surface area contributed by atoms with Gasteiger partial charge >= 0.3 is 0 Å². The summed E-state index contributed by atoms with van der Waals surface area (Å²) < 4.78 is 24.3. The molecule has 1 aromatic rings. The monoisotopic (exact) mass is 283 g/mol. The van der Waals surface area contributed by atoms with Crippen LogP contribution in [0.1, 0.15) is 44.0 Å². The lowest BCUT2D eigenvalue weighted by molar-refractivity contribution is 0.0936. The second-order valence-electron chi connectivity index (χ2n) is 4.60. The van der Waals surface area contributed by atoms with E-state index in [-0.39, 0.29) is 28.2 Å². The average Bonchev–Trinajstić information content (AvgIpc) is 2.38. The number of amides is 1. The van der Waals surface area contributed by atoms with Crippen LogP contribution in [0.2, 0.25) is 0 Å². The van der Waals surface area contributed by atoms with Gasteiger partial charge in [-0.2, -0.15) is 0 Å². The fraction of sp³-hybridized carbons (Fsp3) is 0.500. The average molecular weight is 283 g/mol. The van der Waals surface area contributed by atoms with Crippen molar-refractivity contribution >= 4 is 15.7 Å². The predicted molar refractivity (Wildman–Crippen MR) is 76.0 cm³/mol.